The molecule has 0 radical (unpaired) electrons. The summed E-state index contributed by atoms with van der Waals surface area (Å²) < 4.78 is 13.9. The highest BCUT2D eigenvalue weighted by molar-refractivity contribution is 6.30. The fourth-order valence-electron chi connectivity index (χ4n) is 3.04. The number of carbonyl (C=O) groups is 2. The van der Waals surface area contributed by atoms with Gasteiger partial charge in [-0.3, -0.25) is 9.59 Å². The predicted molar refractivity (Wildman–Crippen MR) is 103 cm³/mol. The summed E-state index contributed by atoms with van der Waals surface area (Å²) in [5, 5.41) is 3.27. The smallest absolute Gasteiger partial charge is 0.242 e. The number of carbonyl (C=O) groups excluding carboxylic acids is 2. The van der Waals surface area contributed by atoms with Gasteiger partial charge in [-0.1, -0.05) is 35.9 Å². The monoisotopic (exact) mass is 389 g/mol. The van der Waals surface area contributed by atoms with Crippen molar-refractivity contribution in [3.63, 3.8) is 0 Å². The summed E-state index contributed by atoms with van der Waals surface area (Å²) >= 11 is 5.82. The Morgan fingerprint density at radius 2 is 1.67 bits per heavy atom. The maximum atomic E-state index is 13.9. The van der Waals surface area contributed by atoms with Crippen LogP contribution in [-0.4, -0.2) is 49.4 Å². The molecule has 1 aliphatic heterocycles. The summed E-state index contributed by atoms with van der Waals surface area (Å²) in [5.41, 5.74) is 1.39. The zero-order valence-electron chi connectivity index (χ0n) is 14.8. The molecule has 0 atom stereocenters. The van der Waals surface area contributed by atoms with Crippen molar-refractivity contribution >= 4 is 29.1 Å². The van der Waals surface area contributed by atoms with E-state index in [0.717, 1.165) is 5.56 Å². The Kier molecular flexibility index (Phi) is 6.29. The Labute approximate surface area is 162 Å². The van der Waals surface area contributed by atoms with Gasteiger partial charge in [-0.15, -0.1) is 0 Å². The number of hydrogen-bond acceptors (Lipinski definition) is 3. The van der Waals surface area contributed by atoms with Crippen LogP contribution >= 0.6 is 11.6 Å². The Morgan fingerprint density at radius 3 is 2.33 bits per heavy atom. The quantitative estimate of drug-likeness (QED) is 0.854. The van der Waals surface area contributed by atoms with E-state index in [-0.39, 0.29) is 30.6 Å². The Bertz CT molecular complexity index is 805. The number of benzene rings is 2. The molecule has 1 N–H and O–H groups in total. The van der Waals surface area contributed by atoms with E-state index in [1.807, 2.05) is 4.90 Å². The van der Waals surface area contributed by atoms with Gasteiger partial charge in [0.15, 0.2) is 0 Å². The summed E-state index contributed by atoms with van der Waals surface area (Å²) in [4.78, 5) is 27.9. The number of nitrogens with one attached hydrogen (secondary N) is 1. The third-order valence-electron chi connectivity index (χ3n) is 4.54. The van der Waals surface area contributed by atoms with Crippen molar-refractivity contribution < 1.29 is 14.0 Å². The van der Waals surface area contributed by atoms with E-state index in [2.05, 4.69) is 5.32 Å². The van der Waals surface area contributed by atoms with Gasteiger partial charge in [0.2, 0.25) is 11.8 Å². The minimum atomic E-state index is -0.258. The van der Waals surface area contributed by atoms with Gasteiger partial charge >= 0.3 is 0 Å². The van der Waals surface area contributed by atoms with Gasteiger partial charge in [0.05, 0.1) is 18.7 Å². The molecule has 0 aromatic heterocycles. The van der Waals surface area contributed by atoms with E-state index in [4.69, 9.17) is 11.6 Å². The molecule has 1 fully saturated rings. The number of para-hydroxylation sites is 1. The lowest BCUT2D eigenvalue weighted by atomic mass is 10.1. The second-order valence-corrected chi connectivity index (χ2v) is 6.84. The molecule has 0 bridgehead atoms. The molecule has 0 spiro atoms. The first-order chi connectivity index (χ1) is 13.0. The fraction of sp³-hybridized carbons (Fsp3) is 0.300. The Balaban J connectivity index is 1.43. The number of rotatable bonds is 5. The van der Waals surface area contributed by atoms with Crippen molar-refractivity contribution in [2.45, 2.75) is 6.42 Å². The van der Waals surface area contributed by atoms with Crippen molar-refractivity contribution in [1.82, 2.24) is 10.2 Å². The van der Waals surface area contributed by atoms with Crippen molar-refractivity contribution in [3.05, 3.63) is 64.9 Å². The fourth-order valence-corrected chi connectivity index (χ4v) is 3.17. The van der Waals surface area contributed by atoms with E-state index in [1.165, 1.54) is 6.07 Å². The Hall–Kier alpha value is -2.60. The van der Waals surface area contributed by atoms with Crippen molar-refractivity contribution in [3.8, 4) is 0 Å². The maximum Gasteiger partial charge on any atom is 0.242 e. The van der Waals surface area contributed by atoms with Crippen LogP contribution in [0.3, 0.4) is 0 Å². The van der Waals surface area contributed by atoms with Crippen LogP contribution in [0.2, 0.25) is 5.02 Å². The van der Waals surface area contributed by atoms with Gasteiger partial charge < -0.3 is 15.1 Å². The first-order valence-electron chi connectivity index (χ1n) is 8.81. The van der Waals surface area contributed by atoms with Crippen LogP contribution < -0.4 is 10.2 Å². The van der Waals surface area contributed by atoms with E-state index >= 15 is 0 Å². The van der Waals surface area contributed by atoms with Crippen molar-refractivity contribution in [2.24, 2.45) is 0 Å². The molecule has 0 saturated carbocycles. The molecular formula is C20H21ClFN3O2. The lowest BCUT2D eigenvalue weighted by Gasteiger charge is -2.36. The average molecular weight is 390 g/mol. The molecule has 0 aliphatic carbocycles. The number of piperazine rings is 1. The normalized spacial score (nSPS) is 14.1. The van der Waals surface area contributed by atoms with Crippen LogP contribution in [0.5, 0.6) is 0 Å². The van der Waals surface area contributed by atoms with Gasteiger partial charge in [0, 0.05) is 31.2 Å². The Morgan fingerprint density at radius 1 is 1.00 bits per heavy atom. The molecule has 0 unspecified atom stereocenters. The standard InChI is InChI=1S/C20H21ClFN3O2/c21-16-7-5-15(6-8-16)13-19(26)23-14-20(27)25-11-9-24(10-12-25)18-4-2-1-3-17(18)22/h1-8H,9-14H2,(H,23,26). The molecule has 2 aromatic carbocycles. The van der Waals surface area contributed by atoms with Crippen LogP contribution in [-0.2, 0) is 16.0 Å². The molecule has 3 rings (SSSR count). The summed E-state index contributed by atoms with van der Waals surface area (Å²) in [7, 11) is 0. The summed E-state index contributed by atoms with van der Waals surface area (Å²) in [6, 6.07) is 13.6. The second-order valence-electron chi connectivity index (χ2n) is 6.40. The number of halogens is 2. The minimum absolute atomic E-state index is 0.0356. The number of hydrogen-bond donors (Lipinski definition) is 1. The number of nitrogens with zero attached hydrogens (tertiary/aromatic N) is 2. The zero-order chi connectivity index (χ0) is 19.2. The molecule has 2 aromatic rings. The largest absolute Gasteiger partial charge is 0.366 e. The van der Waals surface area contributed by atoms with Crippen LogP contribution in [0.4, 0.5) is 10.1 Å². The van der Waals surface area contributed by atoms with Crippen LogP contribution in [0, 0.1) is 5.82 Å². The van der Waals surface area contributed by atoms with Crippen molar-refractivity contribution in [1.29, 1.82) is 0 Å². The minimum Gasteiger partial charge on any atom is -0.366 e. The molecule has 5 nitrogen and oxygen atoms in total. The topological polar surface area (TPSA) is 52.7 Å². The molecule has 2 amide bonds. The SMILES string of the molecule is O=C(Cc1ccc(Cl)cc1)NCC(=O)N1CCN(c2ccccc2F)CC1. The second kappa shape index (κ2) is 8.86. The highest BCUT2D eigenvalue weighted by Gasteiger charge is 2.22. The van der Waals surface area contributed by atoms with Crippen LogP contribution in [0.25, 0.3) is 0 Å². The molecule has 27 heavy (non-hydrogen) atoms. The molecule has 7 heteroatoms. The first kappa shape index (κ1) is 19.2. The molecule has 1 heterocycles. The zero-order valence-corrected chi connectivity index (χ0v) is 15.6. The highest BCUT2D eigenvalue weighted by atomic mass is 35.5. The lowest BCUT2D eigenvalue weighted by molar-refractivity contribution is -0.133. The van der Waals surface area contributed by atoms with Gasteiger partial charge in [0.1, 0.15) is 5.82 Å². The van der Waals surface area contributed by atoms with Gasteiger partial charge in [-0.05, 0) is 29.8 Å². The van der Waals surface area contributed by atoms with E-state index in [0.29, 0.717) is 36.9 Å². The predicted octanol–water partition coefficient (Wildman–Crippen LogP) is 2.49. The summed E-state index contributed by atoms with van der Waals surface area (Å²) in [6.07, 6.45) is 0.200. The number of anilines is 1. The van der Waals surface area contributed by atoms with Crippen LogP contribution in [0.1, 0.15) is 5.56 Å². The van der Waals surface area contributed by atoms with Gasteiger partial charge in [0.25, 0.3) is 0 Å². The molecular weight excluding hydrogens is 369 g/mol. The third-order valence-corrected chi connectivity index (χ3v) is 4.79. The average Bonchev–Trinajstić information content (AvgIpc) is 2.68. The molecule has 1 saturated heterocycles. The van der Waals surface area contributed by atoms with Crippen LogP contribution in [0.15, 0.2) is 48.5 Å². The lowest BCUT2D eigenvalue weighted by Crippen LogP contribution is -2.51. The number of amides is 2. The third kappa shape index (κ3) is 5.20. The summed E-state index contributed by atoms with van der Waals surface area (Å²) in [6.45, 7) is 2.09. The van der Waals surface area contributed by atoms with E-state index < -0.39 is 0 Å². The highest BCUT2D eigenvalue weighted by Crippen LogP contribution is 2.20. The first-order valence-corrected chi connectivity index (χ1v) is 9.19. The molecule has 142 valence electrons. The summed E-state index contributed by atoms with van der Waals surface area (Å²) in [5.74, 6) is -0.602. The van der Waals surface area contributed by atoms with E-state index in [1.54, 1.807) is 47.4 Å². The van der Waals surface area contributed by atoms with E-state index in [9.17, 15) is 14.0 Å². The van der Waals surface area contributed by atoms with Gasteiger partial charge in [-0.25, -0.2) is 4.39 Å². The van der Waals surface area contributed by atoms with Gasteiger partial charge in [-0.2, -0.15) is 0 Å². The van der Waals surface area contributed by atoms with Crippen molar-refractivity contribution in [2.75, 3.05) is 37.6 Å². The maximum absolute atomic E-state index is 13.9. The molecule has 1 aliphatic rings.